The first-order chi connectivity index (χ1) is 4.70. The van der Waals surface area contributed by atoms with Gasteiger partial charge >= 0.3 is 0 Å². The van der Waals surface area contributed by atoms with Crippen molar-refractivity contribution in [3.63, 3.8) is 0 Å². The van der Waals surface area contributed by atoms with Gasteiger partial charge in [0.05, 0.1) is 10.1 Å². The van der Waals surface area contributed by atoms with Crippen LogP contribution in [0.15, 0.2) is 25.3 Å². The Morgan fingerprint density at radius 3 is 1.50 bits per heavy atom. The van der Waals surface area contributed by atoms with Crippen molar-refractivity contribution in [2.45, 2.75) is 0 Å². The number of hydrogen-bond donors (Lipinski definition) is 2. The van der Waals surface area contributed by atoms with Gasteiger partial charge in [-0.1, -0.05) is 13.2 Å². The molecule has 0 saturated carbocycles. The van der Waals surface area contributed by atoms with Crippen LogP contribution in [0.3, 0.4) is 0 Å². The minimum atomic E-state index is 0.358. The summed E-state index contributed by atoms with van der Waals surface area (Å²) < 4.78 is 0. The highest BCUT2D eigenvalue weighted by atomic mass is 33.1. The average Bonchev–Trinajstić information content (AvgIpc) is 1.99. The number of rotatable bonds is 2. The van der Waals surface area contributed by atoms with E-state index in [1.54, 1.807) is 0 Å². The van der Waals surface area contributed by atoms with Crippen LogP contribution in [0.25, 0.3) is 0 Å². The predicted octanol–water partition coefficient (Wildman–Crippen LogP) is 2.69. The maximum atomic E-state index is 7.10. The van der Waals surface area contributed by atoms with Crippen molar-refractivity contribution in [2.24, 2.45) is 0 Å². The highest BCUT2D eigenvalue weighted by Gasteiger charge is 1.94. The Hall–Kier alpha value is -0.480. The molecule has 2 nitrogen and oxygen atoms in total. The largest absolute Gasteiger partial charge is 0.293 e. The zero-order valence-electron chi connectivity index (χ0n) is 5.39. The van der Waals surface area contributed by atoms with Crippen molar-refractivity contribution in [2.75, 3.05) is 0 Å². The van der Waals surface area contributed by atoms with Gasteiger partial charge in [-0.15, -0.1) is 0 Å². The van der Waals surface area contributed by atoms with E-state index in [0.29, 0.717) is 10.1 Å². The summed E-state index contributed by atoms with van der Waals surface area (Å²) in [5.41, 5.74) is 0. The number of hydrogen-bond acceptors (Lipinski definition) is 4. The molecule has 0 aromatic carbocycles. The van der Waals surface area contributed by atoms with E-state index in [1.165, 1.54) is 33.7 Å². The van der Waals surface area contributed by atoms with Gasteiger partial charge in [0.2, 0.25) is 0 Å². The monoisotopic (exact) mass is 172 g/mol. The van der Waals surface area contributed by atoms with Crippen LogP contribution in [0.2, 0.25) is 0 Å². The zero-order valence-corrected chi connectivity index (χ0v) is 7.02. The summed E-state index contributed by atoms with van der Waals surface area (Å²) in [7, 11) is 2.39. The van der Waals surface area contributed by atoms with Crippen LogP contribution < -0.4 is 0 Å². The van der Waals surface area contributed by atoms with Gasteiger partial charge in [-0.3, -0.25) is 10.8 Å². The molecule has 0 fully saturated rings. The van der Waals surface area contributed by atoms with Crippen LogP contribution in [0.4, 0.5) is 0 Å². The molecule has 0 heterocycles. The number of nitrogens with one attached hydrogen (secondary N) is 2. The van der Waals surface area contributed by atoms with Gasteiger partial charge in [-0.05, 0) is 33.7 Å². The van der Waals surface area contributed by atoms with Gasteiger partial charge in [0, 0.05) is 0 Å². The lowest BCUT2D eigenvalue weighted by Crippen LogP contribution is -1.81. The second kappa shape index (κ2) is 5.32. The van der Waals surface area contributed by atoms with Gasteiger partial charge < -0.3 is 0 Å². The Balaban J connectivity index is 3.54. The second-order valence-electron chi connectivity index (χ2n) is 1.30. The van der Waals surface area contributed by atoms with Crippen molar-refractivity contribution < 1.29 is 0 Å². The third-order valence-electron chi connectivity index (χ3n) is 0.592. The van der Waals surface area contributed by atoms with Crippen molar-refractivity contribution in [3.8, 4) is 0 Å². The Kier molecular flexibility index (Phi) is 5.06. The molecule has 0 aliphatic heterocycles. The zero-order chi connectivity index (χ0) is 7.98. The summed E-state index contributed by atoms with van der Waals surface area (Å²) in [5, 5.41) is 14.9. The molecular formula is C6H8N2S2. The lowest BCUT2D eigenvalue weighted by molar-refractivity contribution is 1.57. The molecule has 0 rings (SSSR count). The molecule has 0 saturated heterocycles. The van der Waals surface area contributed by atoms with Crippen molar-refractivity contribution in [1.29, 1.82) is 10.8 Å². The molecule has 0 amide bonds. The molecule has 0 aromatic rings. The molecule has 0 aromatic heterocycles. The summed E-state index contributed by atoms with van der Waals surface area (Å²) in [4.78, 5) is 0. The topological polar surface area (TPSA) is 47.7 Å². The second-order valence-corrected chi connectivity index (χ2v) is 3.52. The first-order valence-corrected chi connectivity index (χ1v) is 4.62. The van der Waals surface area contributed by atoms with E-state index in [0.717, 1.165) is 0 Å². The van der Waals surface area contributed by atoms with Crippen LogP contribution in [-0.4, -0.2) is 10.1 Å². The van der Waals surface area contributed by atoms with Crippen molar-refractivity contribution >= 4 is 31.7 Å². The Bertz CT molecular complexity index is 155. The molecule has 4 heteroatoms. The lowest BCUT2D eigenvalue weighted by Gasteiger charge is -1.93. The van der Waals surface area contributed by atoms with Gasteiger partial charge in [-0.25, -0.2) is 0 Å². The molecule has 54 valence electrons. The van der Waals surface area contributed by atoms with Crippen LogP contribution >= 0.6 is 21.6 Å². The maximum Gasteiger partial charge on any atom is 0.0973 e. The van der Waals surface area contributed by atoms with Crippen LogP contribution in [0, 0.1) is 10.8 Å². The SMILES string of the molecule is C=CC(=N)SSC(=N)C=C. The van der Waals surface area contributed by atoms with Gasteiger partial charge in [0.1, 0.15) is 0 Å². The van der Waals surface area contributed by atoms with Crippen LogP contribution in [-0.2, 0) is 0 Å². The van der Waals surface area contributed by atoms with E-state index in [4.69, 9.17) is 10.8 Å². The molecule has 2 N–H and O–H groups in total. The van der Waals surface area contributed by atoms with Crippen molar-refractivity contribution in [3.05, 3.63) is 25.3 Å². The van der Waals surface area contributed by atoms with Gasteiger partial charge in [0.25, 0.3) is 0 Å². The molecule has 0 atom stereocenters. The van der Waals surface area contributed by atoms with E-state index in [2.05, 4.69) is 13.2 Å². The summed E-state index contributed by atoms with van der Waals surface area (Å²) in [6.07, 6.45) is 2.88. The maximum absolute atomic E-state index is 7.10. The standard InChI is InChI=1S/C6H8N2S2/c1-3-5(7)9-10-6(8)4-2/h3-4,7-8H,1-2H2. The molecular weight excluding hydrogens is 164 g/mol. The van der Waals surface area contributed by atoms with E-state index >= 15 is 0 Å². The molecule has 0 unspecified atom stereocenters. The summed E-state index contributed by atoms with van der Waals surface area (Å²) in [6.45, 7) is 6.82. The first kappa shape index (κ1) is 9.52. The Labute approximate surface area is 68.2 Å². The third-order valence-corrected chi connectivity index (χ3v) is 2.70. The van der Waals surface area contributed by atoms with E-state index in [9.17, 15) is 0 Å². The fourth-order valence-corrected chi connectivity index (χ4v) is 1.42. The minimum Gasteiger partial charge on any atom is -0.293 e. The summed E-state index contributed by atoms with van der Waals surface area (Å²) >= 11 is 0. The normalized spacial score (nSPS) is 8.40. The lowest BCUT2D eigenvalue weighted by atomic mass is 10.7. The molecule has 0 bridgehead atoms. The fourth-order valence-electron chi connectivity index (χ4n) is 0.158. The quantitative estimate of drug-likeness (QED) is 0.382. The van der Waals surface area contributed by atoms with Gasteiger partial charge in [0.15, 0.2) is 0 Å². The summed E-state index contributed by atoms with van der Waals surface area (Å²) in [5.74, 6) is 0. The first-order valence-electron chi connectivity index (χ1n) is 2.47. The predicted molar refractivity (Wildman–Crippen MR) is 51.0 cm³/mol. The van der Waals surface area contributed by atoms with E-state index < -0.39 is 0 Å². The Morgan fingerprint density at radius 2 is 1.30 bits per heavy atom. The minimum absolute atomic E-state index is 0.358. The van der Waals surface area contributed by atoms with E-state index in [1.807, 2.05) is 0 Å². The molecule has 0 spiro atoms. The van der Waals surface area contributed by atoms with E-state index in [-0.39, 0.29) is 0 Å². The molecule has 0 radical (unpaired) electrons. The fraction of sp³-hybridized carbons (Fsp3) is 0. The van der Waals surface area contributed by atoms with Crippen molar-refractivity contribution in [1.82, 2.24) is 0 Å². The molecule has 0 aliphatic rings. The van der Waals surface area contributed by atoms with Crippen LogP contribution in [0.1, 0.15) is 0 Å². The van der Waals surface area contributed by atoms with Gasteiger partial charge in [-0.2, -0.15) is 0 Å². The smallest absolute Gasteiger partial charge is 0.0973 e. The Morgan fingerprint density at radius 1 is 1.00 bits per heavy atom. The van der Waals surface area contributed by atoms with Crippen LogP contribution in [0.5, 0.6) is 0 Å². The highest BCUT2D eigenvalue weighted by molar-refractivity contribution is 8.87. The molecule has 0 aliphatic carbocycles. The third kappa shape index (κ3) is 4.40. The summed E-state index contributed by atoms with van der Waals surface area (Å²) in [6, 6.07) is 0. The molecule has 10 heavy (non-hydrogen) atoms. The average molecular weight is 172 g/mol. The highest BCUT2D eigenvalue weighted by Crippen LogP contribution is 2.23.